The van der Waals surface area contributed by atoms with E-state index in [9.17, 15) is 4.79 Å². The molecule has 0 unspecified atom stereocenters. The van der Waals surface area contributed by atoms with Crippen molar-refractivity contribution in [2.24, 2.45) is 17.3 Å². The van der Waals surface area contributed by atoms with E-state index in [4.69, 9.17) is 41.9 Å². The topological polar surface area (TPSA) is 114 Å². The van der Waals surface area contributed by atoms with Crippen LogP contribution in [0.2, 0.25) is 5.02 Å². The van der Waals surface area contributed by atoms with Gasteiger partial charge >= 0.3 is 5.97 Å². The van der Waals surface area contributed by atoms with Crippen molar-refractivity contribution in [3.05, 3.63) is 64.2 Å². The van der Waals surface area contributed by atoms with Gasteiger partial charge in [0.25, 0.3) is 0 Å². The number of benzene rings is 2. The van der Waals surface area contributed by atoms with Crippen LogP contribution in [-0.2, 0) is 29.0 Å². The van der Waals surface area contributed by atoms with E-state index in [0.29, 0.717) is 23.9 Å². The molecule has 7 rings (SSSR count). The first-order valence-electron chi connectivity index (χ1n) is 15.8. The molecule has 10 heteroatoms. The zero-order valence-corrected chi connectivity index (χ0v) is 25.8. The quantitative estimate of drug-likeness (QED) is 0.300. The molecule has 2 saturated carbocycles. The molecule has 0 radical (unpaired) electrons. The number of nitrogens with two attached hydrogens (primary N) is 1. The maximum Gasteiger partial charge on any atom is 0.306 e. The smallest absolute Gasteiger partial charge is 0.306 e. The SMILES string of the molecule is Nc1nc2c(c(N3CCN(CCOCC4CC5(C4)CC(C(=O)O)C5)CC3)n1)CCc1cc(OCc3ccc(Cl)cc3)ccc1-2. The first kappa shape index (κ1) is 29.3. The first-order chi connectivity index (χ1) is 21.3. The van der Waals surface area contributed by atoms with Crippen molar-refractivity contribution in [2.45, 2.75) is 45.1 Å². The number of nitrogen functional groups attached to an aromatic ring is 1. The predicted octanol–water partition coefficient (Wildman–Crippen LogP) is 5.09. The molecule has 3 aromatic rings. The minimum atomic E-state index is -0.629. The maximum absolute atomic E-state index is 11.1. The number of carboxylic acids is 1. The summed E-state index contributed by atoms with van der Waals surface area (Å²) in [6, 6.07) is 13.9. The molecule has 1 aromatic heterocycles. The number of halogens is 1. The van der Waals surface area contributed by atoms with Crippen molar-refractivity contribution < 1.29 is 19.4 Å². The first-order valence-corrected chi connectivity index (χ1v) is 16.2. The largest absolute Gasteiger partial charge is 0.489 e. The molecule has 2 aromatic carbocycles. The lowest BCUT2D eigenvalue weighted by Gasteiger charge is -2.56. The number of carboxylic acid groups (broad SMARTS) is 1. The molecule has 3 fully saturated rings. The number of piperazine rings is 1. The average molecular weight is 618 g/mol. The molecule has 3 aliphatic carbocycles. The number of carbonyl (C=O) groups is 1. The van der Waals surface area contributed by atoms with Crippen LogP contribution < -0.4 is 15.4 Å². The third-order valence-corrected chi connectivity index (χ3v) is 10.3. The number of fused-ring (bicyclic) bond motifs is 3. The molecule has 1 saturated heterocycles. The second-order valence-electron chi connectivity index (χ2n) is 13.1. The van der Waals surface area contributed by atoms with Gasteiger partial charge in [0.2, 0.25) is 5.95 Å². The summed E-state index contributed by atoms with van der Waals surface area (Å²) in [5, 5.41) is 9.85. The highest BCUT2D eigenvalue weighted by molar-refractivity contribution is 6.30. The van der Waals surface area contributed by atoms with Gasteiger partial charge in [-0.1, -0.05) is 23.7 Å². The van der Waals surface area contributed by atoms with Crippen molar-refractivity contribution in [3.63, 3.8) is 0 Å². The molecule has 4 aliphatic rings. The van der Waals surface area contributed by atoms with Gasteiger partial charge in [0, 0.05) is 55.5 Å². The number of aromatic nitrogens is 2. The molecule has 1 spiro atoms. The van der Waals surface area contributed by atoms with Crippen molar-refractivity contribution in [1.82, 2.24) is 14.9 Å². The van der Waals surface area contributed by atoms with E-state index >= 15 is 0 Å². The number of aryl methyl sites for hydroxylation is 1. The van der Waals surface area contributed by atoms with Crippen molar-refractivity contribution >= 4 is 29.3 Å². The van der Waals surface area contributed by atoms with Crippen molar-refractivity contribution in [3.8, 4) is 17.0 Å². The molecule has 1 aliphatic heterocycles. The molecule has 44 heavy (non-hydrogen) atoms. The van der Waals surface area contributed by atoms with Crippen molar-refractivity contribution in [1.29, 1.82) is 0 Å². The van der Waals surface area contributed by atoms with Crippen LogP contribution in [0, 0.1) is 17.3 Å². The van der Waals surface area contributed by atoms with Crippen LogP contribution in [0.1, 0.15) is 42.4 Å². The van der Waals surface area contributed by atoms with E-state index in [1.807, 2.05) is 30.3 Å². The number of hydrogen-bond donors (Lipinski definition) is 2. The minimum Gasteiger partial charge on any atom is -0.489 e. The molecular weight excluding hydrogens is 578 g/mol. The Morgan fingerprint density at radius 1 is 1.02 bits per heavy atom. The van der Waals surface area contributed by atoms with Gasteiger partial charge in [0.05, 0.1) is 18.2 Å². The molecule has 9 nitrogen and oxygen atoms in total. The lowest BCUT2D eigenvalue weighted by molar-refractivity contribution is -0.160. The number of nitrogens with zero attached hydrogens (tertiary/aromatic N) is 4. The zero-order valence-electron chi connectivity index (χ0n) is 25.0. The Hall–Kier alpha value is -3.40. The third kappa shape index (κ3) is 6.10. The van der Waals surface area contributed by atoms with Gasteiger partial charge in [-0.25, -0.2) is 4.98 Å². The van der Waals surface area contributed by atoms with Crippen LogP contribution in [0.15, 0.2) is 42.5 Å². The standard InChI is InChI=1S/C34H40ClN5O4/c35-26-4-1-22(2-5-26)21-44-27-6-8-28-24(15-27)3-7-29-30(28)37-33(36)38-31(29)40-11-9-39(10-12-40)13-14-43-20-23-16-34(17-23)18-25(19-34)32(41)42/h1-2,4-6,8,15,23,25H,3,7,9-14,16-21H2,(H,41,42)(H2,36,37,38). The lowest BCUT2D eigenvalue weighted by atomic mass is 9.48. The Labute approximate surface area is 263 Å². The number of aliphatic carboxylic acids is 1. The van der Waals surface area contributed by atoms with E-state index in [2.05, 4.69) is 21.9 Å². The lowest BCUT2D eigenvalue weighted by Crippen LogP contribution is -2.51. The highest BCUT2D eigenvalue weighted by Crippen LogP contribution is 2.61. The summed E-state index contributed by atoms with van der Waals surface area (Å²) in [5.41, 5.74) is 12.1. The summed E-state index contributed by atoms with van der Waals surface area (Å²) >= 11 is 6.00. The molecule has 2 heterocycles. The van der Waals surface area contributed by atoms with E-state index < -0.39 is 5.97 Å². The molecular formula is C34H40ClN5O4. The fourth-order valence-electron chi connectivity index (χ4n) is 7.71. The fourth-order valence-corrected chi connectivity index (χ4v) is 7.84. The van der Waals surface area contributed by atoms with E-state index in [1.54, 1.807) is 0 Å². The number of rotatable bonds is 10. The van der Waals surface area contributed by atoms with Gasteiger partial charge in [-0.15, -0.1) is 0 Å². The Kier molecular flexibility index (Phi) is 8.12. The normalized spacial score (nSPS) is 24.2. The summed E-state index contributed by atoms with van der Waals surface area (Å²) in [6.45, 7) is 6.63. The summed E-state index contributed by atoms with van der Waals surface area (Å²) < 4.78 is 12.1. The van der Waals surface area contributed by atoms with Crippen LogP contribution in [0.4, 0.5) is 11.8 Å². The van der Waals surface area contributed by atoms with Crippen LogP contribution in [0.3, 0.4) is 0 Å². The Bertz CT molecular complexity index is 1510. The van der Waals surface area contributed by atoms with E-state index in [1.165, 1.54) is 11.1 Å². The van der Waals surface area contributed by atoms with E-state index in [0.717, 1.165) is 118 Å². The molecule has 3 N–H and O–H groups in total. The number of anilines is 2. The molecule has 0 atom stereocenters. The maximum atomic E-state index is 11.1. The second-order valence-corrected chi connectivity index (χ2v) is 13.5. The fraction of sp³-hybridized carbons (Fsp3) is 0.500. The van der Waals surface area contributed by atoms with E-state index in [-0.39, 0.29) is 5.92 Å². The Morgan fingerprint density at radius 2 is 1.80 bits per heavy atom. The van der Waals surface area contributed by atoms with Gasteiger partial charge in [-0.2, -0.15) is 4.98 Å². The monoisotopic (exact) mass is 617 g/mol. The third-order valence-electron chi connectivity index (χ3n) is 10.0. The van der Waals surface area contributed by atoms with Gasteiger partial charge < -0.3 is 25.2 Å². The predicted molar refractivity (Wildman–Crippen MR) is 170 cm³/mol. The van der Waals surface area contributed by atoms with Crippen LogP contribution in [0.5, 0.6) is 5.75 Å². The average Bonchev–Trinajstić information content (AvgIpc) is 2.98. The molecule has 232 valence electrons. The molecule has 0 bridgehead atoms. The number of ether oxygens (including phenoxy) is 2. The Morgan fingerprint density at radius 3 is 2.55 bits per heavy atom. The molecule has 0 amide bonds. The van der Waals surface area contributed by atoms with Crippen LogP contribution in [-0.4, -0.2) is 71.9 Å². The minimum absolute atomic E-state index is 0.115. The van der Waals surface area contributed by atoms with Crippen molar-refractivity contribution in [2.75, 3.05) is 56.6 Å². The van der Waals surface area contributed by atoms with Gasteiger partial charge in [-0.3, -0.25) is 9.69 Å². The summed E-state index contributed by atoms with van der Waals surface area (Å²) in [5.74, 6) is 1.97. The van der Waals surface area contributed by atoms with Gasteiger partial charge in [0.15, 0.2) is 0 Å². The second kappa shape index (κ2) is 12.2. The summed E-state index contributed by atoms with van der Waals surface area (Å²) in [7, 11) is 0. The van der Waals surface area contributed by atoms with Gasteiger partial charge in [-0.05, 0) is 91.3 Å². The summed E-state index contributed by atoms with van der Waals surface area (Å²) in [6.07, 6.45) is 5.75. The summed E-state index contributed by atoms with van der Waals surface area (Å²) in [4.78, 5) is 25.3. The highest BCUT2D eigenvalue weighted by atomic mass is 35.5. The Balaban J connectivity index is 0.902. The van der Waals surface area contributed by atoms with Crippen LogP contribution in [0.25, 0.3) is 11.3 Å². The van der Waals surface area contributed by atoms with Crippen LogP contribution >= 0.6 is 11.6 Å². The van der Waals surface area contributed by atoms with Gasteiger partial charge in [0.1, 0.15) is 18.2 Å². The zero-order chi connectivity index (χ0) is 30.3. The highest BCUT2D eigenvalue weighted by Gasteiger charge is 2.54. The number of hydrogen-bond acceptors (Lipinski definition) is 8.